The number of hydrogen-bond acceptors (Lipinski definition) is 65. The molecule has 0 radical (unpaired) electrons. The second-order valence-electron chi connectivity index (χ2n) is 21.7. The summed E-state index contributed by atoms with van der Waals surface area (Å²) >= 11 is -0.114. The molecule has 132 heavy (non-hydrogen) atoms. The molecule has 2 amide bonds. The number of carbonyl (C=O) groups is 1. The van der Waals surface area contributed by atoms with E-state index in [0.29, 0.717) is 0 Å². The van der Waals surface area contributed by atoms with E-state index in [0.717, 1.165) is 48.5 Å². The summed E-state index contributed by atoms with van der Waals surface area (Å²) in [5, 5.41) is 4.32. The van der Waals surface area contributed by atoms with Gasteiger partial charge >= 0.3 is 420 Å². The first-order chi connectivity index (χ1) is 53.0. The molecule has 2 aromatic carbocycles. The van der Waals surface area contributed by atoms with E-state index < -0.39 is 309 Å². The van der Waals surface area contributed by atoms with E-state index in [1.54, 1.807) is 0 Å². The zero-order chi connectivity index (χ0) is 89.9. The van der Waals surface area contributed by atoms with Crippen molar-refractivity contribution in [1.82, 2.24) is 0 Å². The third kappa shape index (κ3) is 62.8. The fourth-order valence-electron chi connectivity index (χ4n) is 9.94. The van der Waals surface area contributed by atoms with Crippen molar-refractivity contribution in [3.05, 3.63) is 48.5 Å². The quantitative estimate of drug-likeness (QED) is 0.0354. The van der Waals surface area contributed by atoms with Crippen LogP contribution in [-0.2, 0) is 233 Å². The molecule has 6 rings (SSSR count). The summed E-state index contributed by atoms with van der Waals surface area (Å²) in [5.74, 6) is 0. The second kappa shape index (κ2) is 66.0. The summed E-state index contributed by atoms with van der Waals surface area (Å²) in [7, 11) is -90.3. The van der Waals surface area contributed by atoms with Crippen molar-refractivity contribution in [3.8, 4) is 0 Å². The van der Waals surface area contributed by atoms with Crippen LogP contribution in [0.4, 0.5) is 16.2 Å². The predicted octanol–water partition coefficient (Wildman–Crippen LogP) is -54.4. The van der Waals surface area contributed by atoms with Gasteiger partial charge in [-0.3, -0.25) is 58.6 Å². The maximum atomic E-state index is 13.4. The van der Waals surface area contributed by atoms with Crippen LogP contribution in [0.5, 0.6) is 0 Å². The van der Waals surface area contributed by atoms with Crippen molar-refractivity contribution in [2.24, 2.45) is 0 Å². The number of nitrogens with one attached hydrogen (secondary N) is 2. The number of benzene rings is 2. The number of ether oxygens (including phenoxy) is 6. The van der Waals surface area contributed by atoms with Gasteiger partial charge < -0.3 is 103 Å². The van der Waals surface area contributed by atoms with Crippen molar-refractivity contribution in [3.63, 3.8) is 0 Å². The van der Waals surface area contributed by atoms with Crippen LogP contribution in [0, 0.1) is 0 Å². The van der Waals surface area contributed by atoms with Gasteiger partial charge in [0.2, 0.25) is 146 Å². The van der Waals surface area contributed by atoms with Gasteiger partial charge in [0.15, 0.2) is 24.8 Å². The molecule has 4 saturated heterocycles. The van der Waals surface area contributed by atoms with Crippen molar-refractivity contribution in [1.29, 1.82) is 0 Å². The van der Waals surface area contributed by atoms with Crippen LogP contribution >= 0.6 is 23.5 Å². The van der Waals surface area contributed by atoms with Crippen molar-refractivity contribution >= 4 is 187 Å². The van der Waals surface area contributed by atoms with E-state index in [-0.39, 0.29) is 449 Å². The number of rotatable bonds is 42. The molecule has 65 nitrogen and oxygen atoms in total. The smallest absolute Gasteiger partial charge is 0.726 e. The van der Waals surface area contributed by atoms with Gasteiger partial charge in [0.25, 0.3) is 0 Å². The Morgan fingerprint density at radius 2 is 0.417 bits per heavy atom. The molecule has 20 atom stereocenters. The van der Waals surface area contributed by atoms with Gasteiger partial charge in [0, 0.05) is 21.2 Å². The number of amides is 2. The zero-order valence-electron chi connectivity index (χ0n) is 68.7. The Bertz CT molecular complexity index is 5330. The third-order valence-corrected chi connectivity index (χ3v) is 22.1. The van der Waals surface area contributed by atoms with Crippen LogP contribution < -0.4 is 424 Å². The number of anilines is 2. The monoisotopic (exact) mass is 2350 g/mol. The van der Waals surface area contributed by atoms with Crippen LogP contribution in [0.15, 0.2) is 58.3 Å². The van der Waals surface area contributed by atoms with Gasteiger partial charge in [0.1, 0.15) is 96.3 Å². The molecule has 0 unspecified atom stereocenters. The molecule has 0 aliphatic carbocycles. The predicted molar refractivity (Wildman–Crippen MR) is 330 cm³/mol. The first-order valence-corrected chi connectivity index (χ1v) is 48.8. The van der Waals surface area contributed by atoms with E-state index in [1.165, 1.54) is 0 Å². The average molecular weight is 2350 g/mol. The average Bonchev–Trinajstić information content (AvgIpc) is 0.756. The fourth-order valence-corrected chi connectivity index (χ4v) is 18.4. The molecule has 95 heteroatoms. The van der Waals surface area contributed by atoms with Crippen LogP contribution in [0.1, 0.15) is 0 Å². The molecule has 0 bridgehead atoms. The Morgan fingerprint density at radius 1 is 0.242 bits per heavy atom. The maximum absolute atomic E-state index is 13.4. The Labute approximate surface area is 1070 Å². The molecular formula is C37H38N2Na14O63S16. The van der Waals surface area contributed by atoms with Crippen LogP contribution in [0.25, 0.3) is 0 Å². The van der Waals surface area contributed by atoms with Gasteiger partial charge in [-0.15, -0.1) is 0 Å². The standard InChI is InChI=1S/C37H52N2O63S16.14Na/c40-37(38-13-1-5-15(6-2-13)103-35-31(101-117(77,78)79)25(95-111(59,60)61)21(17(89-35)9-83-105(41,42)43)91-33-29(99-115(71,72)73)27(97-113(65,66)67)23(93-109(53,54)55)19(87-33)11-85-107(47,48)49)39-14-3-7-16(8-4-14)104-36-32(102-118(80,81)82)26(96-112(62,63)64)22(18(90-36)10-84-106(44,45)46)92-34-30(100-116(74,75)76)28(98-114(68,69)70)24(94-110(56,57)58)20(88-34)12-86-108(50,51)52;;;;;;;;;;;;;;/h1-8,17-36H,9-12H2,(H2,38,39,40)(H,41,42,43)(H,44,45,46)(H,47,48,49)(H,50,51,52)(H,53,54,55)(H,56,57,58)(H,59,60,61)(H,62,63,64)(H,65,66,67)(H,68,69,70)(H,71,72,73)(H,74,75,76)(H,77,78,79)(H,80,81,82);;;;;;;;;;;;;;/q;14*+1/p-14/t17-,18-,19-,20-,21-,22-,23-,24-,25+,26+,27+,28+,29-,30-,31-,32-,33-,34-,35+,36+;;;;;;;;;;;;;;/m1............../s1. The third-order valence-electron chi connectivity index (χ3n) is 13.5. The van der Waals surface area contributed by atoms with Gasteiger partial charge in [-0.05, 0) is 48.5 Å². The summed E-state index contributed by atoms with van der Waals surface area (Å²) in [4.78, 5) is 12.5. The van der Waals surface area contributed by atoms with E-state index in [2.05, 4.69) is 69.2 Å². The number of urea groups is 1. The minimum atomic E-state index is -6.65. The zero-order valence-corrected chi connectivity index (χ0v) is 110. The summed E-state index contributed by atoms with van der Waals surface area (Å²) in [6.07, 6.45) is -60.4. The molecule has 0 aromatic heterocycles. The van der Waals surface area contributed by atoms with Gasteiger partial charge in [0.05, 0.1) is 26.4 Å². The number of hydrogen-bond donors (Lipinski definition) is 2. The molecule has 684 valence electrons. The summed E-state index contributed by atoms with van der Waals surface area (Å²) in [6.45, 7) is -8.36. The van der Waals surface area contributed by atoms with E-state index in [1.807, 2.05) is 0 Å². The van der Waals surface area contributed by atoms with Crippen molar-refractivity contribution in [2.45, 2.75) is 131 Å². The van der Waals surface area contributed by atoms with Crippen molar-refractivity contribution < 1.29 is 687 Å². The van der Waals surface area contributed by atoms with Gasteiger partial charge in [-0.2, -0.15) is 0 Å². The van der Waals surface area contributed by atoms with Gasteiger partial charge in [-0.25, -0.2) is 123 Å². The maximum Gasteiger partial charge on any atom is 1.00 e. The van der Waals surface area contributed by atoms with Crippen molar-refractivity contribution in [2.75, 3.05) is 37.1 Å². The minimum absolute atomic E-state index is 0. The normalized spacial score (nSPS) is 26.2. The molecule has 4 heterocycles. The molecule has 2 aromatic rings. The van der Waals surface area contributed by atoms with E-state index in [9.17, 15) is 186 Å². The molecule has 4 aliphatic heterocycles. The van der Waals surface area contributed by atoms with Gasteiger partial charge in [-0.1, -0.05) is 23.5 Å². The minimum Gasteiger partial charge on any atom is -0.726 e. The second-order valence-corrected chi connectivity index (χ2v) is 38.3. The molecule has 4 fully saturated rings. The number of carbonyl (C=O) groups excluding carboxylic acids is 1. The topological polar surface area (TPSA) is 1030 Å². The van der Waals surface area contributed by atoms with Crippen LogP contribution in [0.3, 0.4) is 0 Å². The first-order valence-electron chi connectivity index (χ1n) is 28.4. The largest absolute Gasteiger partial charge is 1.00 e. The Balaban J connectivity index is -0.00000154. The summed E-state index contributed by atoms with van der Waals surface area (Å²) in [6, 6.07) is 5.49. The molecule has 4 aliphatic rings. The first kappa shape index (κ1) is 160. The Hall–Kier alpha value is 10.3. The van der Waals surface area contributed by atoms with Crippen LogP contribution in [-0.4, -0.2) is 335 Å². The fraction of sp³-hybridized carbons (Fsp3) is 0.649. The summed E-state index contributed by atoms with van der Waals surface area (Å²) in [5.41, 5.74) is -6.00. The Kier molecular flexibility index (Phi) is 80.0. The van der Waals surface area contributed by atoms with Crippen LogP contribution in [0.2, 0.25) is 0 Å². The molecular weight excluding hydrogens is 2320 g/mol. The molecule has 0 saturated carbocycles. The molecule has 0 spiro atoms. The summed E-state index contributed by atoms with van der Waals surface area (Å²) < 4.78 is 592. The van der Waals surface area contributed by atoms with E-state index >= 15 is 0 Å². The number of thioether (sulfide) groups is 2. The SMILES string of the molecule is O=C(Nc1ccc(S[C@@H]2O[C@H](COS(=O)(=O)[O-])[C@@H](O[C@H]3O[C@H](COS(=O)(=O)[O-])[C@@H](OS(=O)(=O)[O-])[C@H](OS(=O)(=O)[O-])[C@H]3OS(=O)(=O)[O-])[C@H](OS(=O)(=O)[O-])[C@H]2OS(=O)(=O)[O-])cc1)Nc1ccc(S[C@@H]2O[C@H](COS(=O)(=O)[O-])[C@@H](O[C@H]3O[C@H](COS(=O)(=O)[O-])[C@@H](OS(=O)(=O)[O-])[C@H](OS(=O)(=O)[O-])[C@H]3OS(=O)(=O)[O-])[C@H](OS(=O)(=O)[O-])[C@H]2OS(=O)(=O)[O-])cc1.[Na+].[Na+].[Na+].[Na+].[Na+].[Na+].[Na+].[Na+].[Na+].[Na+].[Na+].[Na+].[Na+].[Na+]. The Morgan fingerprint density at radius 3 is 0.614 bits per heavy atom. The van der Waals surface area contributed by atoms with E-state index in [4.69, 9.17) is 28.4 Å². The molecule has 2 N–H and O–H groups in total.